The standard InChI is InChI=1S/C21H28N6OS/c1-22-21(23-9-8-20-25-16-5-2-3-6-17(16)26-20)24-15-18(19-7-4-14-29-19)27-10-12-28-13-11-27/h2-7,14,18H,8-13,15H2,1H3,(H,25,26)(H2,22,23,24). The van der Waals surface area contributed by atoms with Crippen molar-refractivity contribution < 1.29 is 4.74 Å². The Balaban J connectivity index is 1.30. The van der Waals surface area contributed by atoms with Crippen molar-refractivity contribution in [3.63, 3.8) is 0 Å². The van der Waals surface area contributed by atoms with E-state index in [1.807, 2.05) is 25.2 Å². The van der Waals surface area contributed by atoms with Gasteiger partial charge in [-0.25, -0.2) is 4.98 Å². The number of morpholine rings is 1. The van der Waals surface area contributed by atoms with Gasteiger partial charge in [0.1, 0.15) is 5.82 Å². The molecular weight excluding hydrogens is 384 g/mol. The summed E-state index contributed by atoms with van der Waals surface area (Å²) in [6.07, 6.45) is 0.813. The number of aliphatic imine (C=N–C) groups is 1. The first kappa shape index (κ1) is 19.9. The van der Waals surface area contributed by atoms with Gasteiger partial charge in [0, 0.05) is 44.5 Å². The van der Waals surface area contributed by atoms with Crippen LogP contribution in [0.1, 0.15) is 16.7 Å². The second-order valence-corrected chi connectivity index (χ2v) is 7.99. The van der Waals surface area contributed by atoms with Crippen LogP contribution < -0.4 is 10.6 Å². The number of para-hydroxylation sites is 2. The molecule has 1 aromatic carbocycles. The van der Waals surface area contributed by atoms with E-state index in [9.17, 15) is 0 Å². The number of thiophene rings is 1. The predicted octanol–water partition coefficient (Wildman–Crippen LogP) is 2.41. The molecule has 3 aromatic rings. The van der Waals surface area contributed by atoms with Crippen molar-refractivity contribution >= 4 is 28.3 Å². The maximum Gasteiger partial charge on any atom is 0.191 e. The average Bonchev–Trinajstić information content (AvgIpc) is 3.43. The largest absolute Gasteiger partial charge is 0.379 e. The molecule has 0 aliphatic carbocycles. The zero-order valence-corrected chi connectivity index (χ0v) is 17.5. The number of rotatable bonds is 7. The first-order chi connectivity index (χ1) is 14.3. The molecular formula is C21H28N6OS. The van der Waals surface area contributed by atoms with Crippen LogP contribution in [0, 0.1) is 0 Å². The number of hydrogen-bond acceptors (Lipinski definition) is 5. The van der Waals surface area contributed by atoms with Gasteiger partial charge < -0.3 is 20.4 Å². The fourth-order valence-electron chi connectivity index (χ4n) is 3.62. The number of aromatic amines is 1. The van der Waals surface area contributed by atoms with Crippen LogP contribution in [-0.4, -0.2) is 67.3 Å². The lowest BCUT2D eigenvalue weighted by Gasteiger charge is -2.34. The average molecular weight is 413 g/mol. The van der Waals surface area contributed by atoms with Gasteiger partial charge >= 0.3 is 0 Å². The molecule has 2 aromatic heterocycles. The van der Waals surface area contributed by atoms with E-state index in [1.165, 1.54) is 4.88 Å². The summed E-state index contributed by atoms with van der Waals surface area (Å²) in [7, 11) is 1.81. The minimum absolute atomic E-state index is 0.327. The summed E-state index contributed by atoms with van der Waals surface area (Å²) in [5, 5.41) is 9.05. The van der Waals surface area contributed by atoms with Crippen LogP contribution in [-0.2, 0) is 11.2 Å². The smallest absolute Gasteiger partial charge is 0.191 e. The number of guanidine groups is 1. The Hall–Kier alpha value is -2.42. The highest BCUT2D eigenvalue weighted by Gasteiger charge is 2.23. The Morgan fingerprint density at radius 1 is 1.24 bits per heavy atom. The number of hydrogen-bond donors (Lipinski definition) is 3. The molecule has 29 heavy (non-hydrogen) atoms. The molecule has 7 nitrogen and oxygen atoms in total. The van der Waals surface area contributed by atoms with Crippen LogP contribution in [0.15, 0.2) is 46.8 Å². The van der Waals surface area contributed by atoms with Gasteiger partial charge in [-0.05, 0) is 23.6 Å². The predicted molar refractivity (Wildman–Crippen MR) is 119 cm³/mol. The second-order valence-electron chi connectivity index (χ2n) is 7.01. The molecule has 0 amide bonds. The minimum Gasteiger partial charge on any atom is -0.379 e. The Kier molecular flexibility index (Phi) is 6.76. The summed E-state index contributed by atoms with van der Waals surface area (Å²) in [5.74, 6) is 1.80. The van der Waals surface area contributed by atoms with E-state index in [4.69, 9.17) is 4.74 Å². The van der Waals surface area contributed by atoms with Gasteiger partial charge in [0.15, 0.2) is 5.96 Å². The Morgan fingerprint density at radius 2 is 2.10 bits per heavy atom. The minimum atomic E-state index is 0.327. The topological polar surface area (TPSA) is 77.6 Å². The third kappa shape index (κ3) is 5.14. The van der Waals surface area contributed by atoms with Crippen molar-refractivity contribution in [2.24, 2.45) is 4.99 Å². The highest BCUT2D eigenvalue weighted by Crippen LogP contribution is 2.25. The fourth-order valence-corrected chi connectivity index (χ4v) is 4.48. The molecule has 0 spiro atoms. The highest BCUT2D eigenvalue weighted by molar-refractivity contribution is 7.10. The van der Waals surface area contributed by atoms with Gasteiger partial charge in [0.2, 0.25) is 0 Å². The third-order valence-electron chi connectivity index (χ3n) is 5.14. The molecule has 154 valence electrons. The van der Waals surface area contributed by atoms with Crippen LogP contribution in [0.2, 0.25) is 0 Å². The number of nitrogens with zero attached hydrogens (tertiary/aromatic N) is 3. The van der Waals surface area contributed by atoms with Crippen molar-refractivity contribution in [2.45, 2.75) is 12.5 Å². The maximum absolute atomic E-state index is 5.53. The summed E-state index contributed by atoms with van der Waals surface area (Å²) in [5.41, 5.74) is 2.09. The second kappa shape index (κ2) is 9.87. The molecule has 3 N–H and O–H groups in total. The summed E-state index contributed by atoms with van der Waals surface area (Å²) in [6, 6.07) is 12.8. The zero-order valence-electron chi connectivity index (χ0n) is 16.7. The van der Waals surface area contributed by atoms with Gasteiger partial charge in [0.25, 0.3) is 0 Å². The van der Waals surface area contributed by atoms with Crippen LogP contribution >= 0.6 is 11.3 Å². The van der Waals surface area contributed by atoms with E-state index in [0.29, 0.717) is 6.04 Å². The fraction of sp³-hybridized carbons (Fsp3) is 0.429. The number of H-pyrrole nitrogens is 1. The zero-order chi connectivity index (χ0) is 19.9. The summed E-state index contributed by atoms with van der Waals surface area (Å²) >= 11 is 1.81. The summed E-state index contributed by atoms with van der Waals surface area (Å²) in [4.78, 5) is 16.2. The molecule has 1 saturated heterocycles. The van der Waals surface area contributed by atoms with Gasteiger partial charge in [-0.3, -0.25) is 9.89 Å². The lowest BCUT2D eigenvalue weighted by molar-refractivity contribution is 0.0177. The molecule has 3 heterocycles. The number of benzene rings is 1. The van der Waals surface area contributed by atoms with Crippen LogP contribution in [0.3, 0.4) is 0 Å². The Labute approximate surface area is 175 Å². The maximum atomic E-state index is 5.53. The number of ether oxygens (including phenoxy) is 1. The SMILES string of the molecule is CN=C(NCCc1nc2ccccc2[nH]1)NCC(c1cccs1)N1CCOCC1. The van der Waals surface area contributed by atoms with Crippen molar-refractivity contribution in [3.8, 4) is 0 Å². The molecule has 1 fully saturated rings. The van der Waals surface area contributed by atoms with Crippen LogP contribution in [0.4, 0.5) is 0 Å². The van der Waals surface area contributed by atoms with Crippen molar-refractivity contribution in [1.82, 2.24) is 25.5 Å². The first-order valence-electron chi connectivity index (χ1n) is 10.1. The van der Waals surface area contributed by atoms with E-state index >= 15 is 0 Å². The van der Waals surface area contributed by atoms with Crippen molar-refractivity contribution in [1.29, 1.82) is 0 Å². The van der Waals surface area contributed by atoms with Gasteiger partial charge in [-0.2, -0.15) is 0 Å². The number of imidazole rings is 1. The molecule has 1 aliphatic rings. The number of fused-ring (bicyclic) bond motifs is 1. The molecule has 8 heteroatoms. The number of aromatic nitrogens is 2. The summed E-state index contributed by atoms with van der Waals surface area (Å²) < 4.78 is 5.53. The van der Waals surface area contributed by atoms with Crippen molar-refractivity contribution in [2.75, 3.05) is 46.4 Å². The third-order valence-corrected chi connectivity index (χ3v) is 6.11. The number of nitrogens with one attached hydrogen (secondary N) is 3. The molecule has 0 saturated carbocycles. The monoisotopic (exact) mass is 412 g/mol. The highest BCUT2D eigenvalue weighted by atomic mass is 32.1. The molecule has 1 unspecified atom stereocenters. The summed E-state index contributed by atoms with van der Waals surface area (Å²) in [6.45, 7) is 5.09. The molecule has 4 rings (SSSR count). The van der Waals surface area contributed by atoms with E-state index in [1.54, 1.807) is 11.3 Å². The molecule has 0 bridgehead atoms. The quantitative estimate of drug-likeness (QED) is 0.410. The molecule has 0 radical (unpaired) electrons. The van der Waals surface area contributed by atoms with E-state index in [2.05, 4.69) is 54.1 Å². The van der Waals surface area contributed by atoms with Gasteiger partial charge in [0.05, 0.1) is 30.3 Å². The lowest BCUT2D eigenvalue weighted by atomic mass is 10.2. The van der Waals surface area contributed by atoms with Gasteiger partial charge in [-0.1, -0.05) is 18.2 Å². The Bertz CT molecular complexity index is 883. The van der Waals surface area contributed by atoms with E-state index in [0.717, 1.165) is 68.6 Å². The molecule has 1 aliphatic heterocycles. The van der Waals surface area contributed by atoms with Gasteiger partial charge in [-0.15, -0.1) is 11.3 Å². The van der Waals surface area contributed by atoms with E-state index in [-0.39, 0.29) is 0 Å². The van der Waals surface area contributed by atoms with Crippen molar-refractivity contribution in [3.05, 3.63) is 52.5 Å². The normalized spacial score (nSPS) is 16.8. The first-order valence-corrected chi connectivity index (χ1v) is 10.9. The van der Waals surface area contributed by atoms with Crippen LogP contribution in [0.5, 0.6) is 0 Å². The Morgan fingerprint density at radius 3 is 2.86 bits per heavy atom. The van der Waals surface area contributed by atoms with Crippen LogP contribution in [0.25, 0.3) is 11.0 Å². The van der Waals surface area contributed by atoms with E-state index < -0.39 is 0 Å². The lowest BCUT2D eigenvalue weighted by Crippen LogP contribution is -2.46. The molecule has 1 atom stereocenters.